The molecule has 1 rings (SSSR count). The first-order valence-electron chi connectivity index (χ1n) is 4.37. The van der Waals surface area contributed by atoms with Crippen molar-refractivity contribution in [1.29, 1.82) is 0 Å². The van der Waals surface area contributed by atoms with Crippen LogP contribution in [-0.2, 0) is 9.53 Å². The van der Waals surface area contributed by atoms with E-state index in [0.717, 1.165) is 6.54 Å². The minimum Gasteiger partial charge on any atom is -0.378 e. The Bertz CT molecular complexity index is 178. The van der Waals surface area contributed by atoms with Crippen LogP contribution in [0.1, 0.15) is 0 Å². The number of hydrogen-bond donors (Lipinski definition) is 1. The molecular formula is C8H15FN2O2. The molecule has 1 saturated heterocycles. The van der Waals surface area contributed by atoms with E-state index in [-0.39, 0.29) is 18.5 Å². The third-order valence-corrected chi connectivity index (χ3v) is 2.09. The van der Waals surface area contributed by atoms with E-state index >= 15 is 0 Å². The fourth-order valence-corrected chi connectivity index (χ4v) is 1.25. The van der Waals surface area contributed by atoms with E-state index < -0.39 is 6.67 Å². The minimum atomic E-state index is -0.525. The smallest absolute Gasteiger partial charge is 0.239 e. The maximum absolute atomic E-state index is 11.8. The van der Waals surface area contributed by atoms with Gasteiger partial charge in [0.15, 0.2) is 0 Å². The summed E-state index contributed by atoms with van der Waals surface area (Å²) in [6, 6.07) is -0.264. The largest absolute Gasteiger partial charge is 0.378 e. The molecule has 0 aromatic rings. The van der Waals surface area contributed by atoms with Crippen molar-refractivity contribution < 1.29 is 13.9 Å². The summed E-state index contributed by atoms with van der Waals surface area (Å²) in [6.45, 7) is 1.36. The Kier molecular flexibility index (Phi) is 4.11. The monoisotopic (exact) mass is 190 g/mol. The lowest BCUT2D eigenvalue weighted by atomic mass is 10.2. The average Bonchev–Trinajstić information content (AvgIpc) is 2.15. The summed E-state index contributed by atoms with van der Waals surface area (Å²) < 4.78 is 16.9. The first-order chi connectivity index (χ1) is 6.25. The van der Waals surface area contributed by atoms with Crippen LogP contribution < -0.4 is 5.32 Å². The molecule has 1 heterocycles. The molecule has 1 aliphatic rings. The quantitative estimate of drug-likeness (QED) is 0.646. The van der Waals surface area contributed by atoms with E-state index in [4.69, 9.17) is 4.74 Å². The molecule has 0 aromatic carbocycles. The van der Waals surface area contributed by atoms with E-state index in [9.17, 15) is 9.18 Å². The molecule has 0 saturated carbocycles. The molecule has 0 bridgehead atoms. The zero-order valence-electron chi connectivity index (χ0n) is 7.75. The average molecular weight is 190 g/mol. The van der Waals surface area contributed by atoms with Crippen molar-refractivity contribution in [2.75, 3.05) is 40.0 Å². The Labute approximate surface area is 77.0 Å². The van der Waals surface area contributed by atoms with Gasteiger partial charge in [-0.3, -0.25) is 9.69 Å². The topological polar surface area (TPSA) is 41.6 Å². The van der Waals surface area contributed by atoms with E-state index in [1.54, 1.807) is 0 Å². The normalized spacial score (nSPS) is 24.3. The van der Waals surface area contributed by atoms with Crippen LogP contribution in [0.15, 0.2) is 0 Å². The number of amides is 1. The van der Waals surface area contributed by atoms with Gasteiger partial charge in [-0.2, -0.15) is 0 Å². The van der Waals surface area contributed by atoms with Crippen LogP contribution in [0.5, 0.6) is 0 Å². The highest BCUT2D eigenvalue weighted by Crippen LogP contribution is 2.03. The molecule has 1 aliphatic heterocycles. The fourth-order valence-electron chi connectivity index (χ4n) is 1.25. The molecule has 5 heteroatoms. The lowest BCUT2D eigenvalue weighted by Crippen LogP contribution is -2.52. The fraction of sp³-hybridized carbons (Fsp3) is 0.875. The third-order valence-electron chi connectivity index (χ3n) is 2.09. The number of likely N-dealkylation sites (N-methyl/N-ethyl adjacent to an activating group) is 1. The molecular weight excluding hydrogens is 175 g/mol. The molecule has 1 unspecified atom stereocenters. The summed E-state index contributed by atoms with van der Waals surface area (Å²) in [5, 5.41) is 2.50. The van der Waals surface area contributed by atoms with Crippen molar-refractivity contribution in [2.24, 2.45) is 0 Å². The molecule has 13 heavy (non-hydrogen) atoms. The molecule has 0 spiro atoms. The molecule has 1 fully saturated rings. The van der Waals surface area contributed by atoms with Gasteiger partial charge in [-0.05, 0) is 7.05 Å². The zero-order chi connectivity index (χ0) is 9.68. The first-order valence-corrected chi connectivity index (χ1v) is 4.37. The van der Waals surface area contributed by atoms with Gasteiger partial charge in [0.05, 0.1) is 13.2 Å². The maximum Gasteiger partial charge on any atom is 0.239 e. The molecule has 4 nitrogen and oxygen atoms in total. The molecule has 0 aliphatic carbocycles. The van der Waals surface area contributed by atoms with Gasteiger partial charge in [0.2, 0.25) is 5.91 Å². The summed E-state index contributed by atoms with van der Waals surface area (Å²) >= 11 is 0. The van der Waals surface area contributed by atoms with Crippen molar-refractivity contribution in [1.82, 2.24) is 10.2 Å². The van der Waals surface area contributed by atoms with Crippen LogP contribution in [0.4, 0.5) is 4.39 Å². The predicted octanol–water partition coefficient (Wildman–Crippen LogP) is -0.597. The summed E-state index contributed by atoms with van der Waals surface area (Å²) in [6.07, 6.45) is 0. The van der Waals surface area contributed by atoms with E-state index in [0.29, 0.717) is 13.2 Å². The van der Waals surface area contributed by atoms with Gasteiger partial charge in [-0.1, -0.05) is 0 Å². The van der Waals surface area contributed by atoms with Gasteiger partial charge in [0.1, 0.15) is 12.7 Å². The summed E-state index contributed by atoms with van der Waals surface area (Å²) in [5.74, 6) is -0.153. The van der Waals surface area contributed by atoms with Gasteiger partial charge in [0.25, 0.3) is 0 Å². The highest BCUT2D eigenvalue weighted by molar-refractivity contribution is 5.81. The summed E-state index contributed by atoms with van der Waals surface area (Å²) in [4.78, 5) is 13.3. The van der Waals surface area contributed by atoms with E-state index in [2.05, 4.69) is 5.32 Å². The van der Waals surface area contributed by atoms with Gasteiger partial charge < -0.3 is 10.1 Å². The second-order valence-corrected chi connectivity index (χ2v) is 3.05. The Hall–Kier alpha value is -0.680. The number of carbonyl (C=O) groups excluding carboxylic acids is 1. The number of alkyl halides is 1. The number of halogens is 1. The van der Waals surface area contributed by atoms with Crippen LogP contribution in [0.3, 0.4) is 0 Å². The van der Waals surface area contributed by atoms with Gasteiger partial charge in [-0.25, -0.2) is 4.39 Å². The number of ether oxygens (including phenoxy) is 1. The Balaban J connectivity index is 2.35. The molecule has 76 valence electrons. The predicted molar refractivity (Wildman–Crippen MR) is 46.2 cm³/mol. The number of carbonyl (C=O) groups is 1. The highest BCUT2D eigenvalue weighted by Gasteiger charge is 2.25. The van der Waals surface area contributed by atoms with Crippen LogP contribution >= 0.6 is 0 Å². The van der Waals surface area contributed by atoms with E-state index in [1.165, 1.54) is 0 Å². The van der Waals surface area contributed by atoms with E-state index in [1.807, 2.05) is 11.9 Å². The Morgan fingerprint density at radius 2 is 2.54 bits per heavy atom. The van der Waals surface area contributed by atoms with Crippen molar-refractivity contribution in [3.8, 4) is 0 Å². The molecule has 1 atom stereocenters. The minimum absolute atomic E-state index is 0.0865. The van der Waals surface area contributed by atoms with Gasteiger partial charge in [0, 0.05) is 13.1 Å². The molecule has 0 radical (unpaired) electrons. The van der Waals surface area contributed by atoms with Crippen LogP contribution in [0.25, 0.3) is 0 Å². The second-order valence-electron chi connectivity index (χ2n) is 3.05. The van der Waals surface area contributed by atoms with Crippen molar-refractivity contribution >= 4 is 5.91 Å². The number of rotatable bonds is 3. The Morgan fingerprint density at radius 3 is 3.15 bits per heavy atom. The lowest BCUT2D eigenvalue weighted by molar-refractivity contribution is -0.131. The summed E-state index contributed by atoms with van der Waals surface area (Å²) in [7, 11) is 1.86. The lowest BCUT2D eigenvalue weighted by Gasteiger charge is -2.31. The van der Waals surface area contributed by atoms with Gasteiger partial charge >= 0.3 is 0 Å². The molecule has 1 amide bonds. The zero-order valence-corrected chi connectivity index (χ0v) is 7.75. The number of nitrogens with zero attached hydrogens (tertiary/aromatic N) is 1. The Morgan fingerprint density at radius 1 is 1.77 bits per heavy atom. The van der Waals surface area contributed by atoms with Crippen molar-refractivity contribution in [2.45, 2.75) is 6.04 Å². The van der Waals surface area contributed by atoms with Crippen LogP contribution in [-0.4, -0.2) is 56.9 Å². The SMILES string of the molecule is CN1CCOCC1C(=O)NCCF. The van der Waals surface area contributed by atoms with Crippen LogP contribution in [0.2, 0.25) is 0 Å². The number of hydrogen-bond acceptors (Lipinski definition) is 3. The number of nitrogens with one attached hydrogen (secondary N) is 1. The molecule has 1 N–H and O–H groups in total. The molecule has 0 aromatic heterocycles. The second kappa shape index (κ2) is 5.14. The van der Waals surface area contributed by atoms with Crippen LogP contribution in [0, 0.1) is 0 Å². The number of morpholine rings is 1. The van der Waals surface area contributed by atoms with Crippen molar-refractivity contribution in [3.63, 3.8) is 0 Å². The highest BCUT2D eigenvalue weighted by atomic mass is 19.1. The first kappa shape index (κ1) is 10.4. The standard InChI is InChI=1S/C8H15FN2O2/c1-11-4-5-13-6-7(11)8(12)10-3-2-9/h7H,2-6H2,1H3,(H,10,12). The third kappa shape index (κ3) is 2.93. The van der Waals surface area contributed by atoms with Gasteiger partial charge in [-0.15, -0.1) is 0 Å². The van der Waals surface area contributed by atoms with Crippen molar-refractivity contribution in [3.05, 3.63) is 0 Å². The summed E-state index contributed by atoms with van der Waals surface area (Å²) in [5.41, 5.74) is 0. The maximum atomic E-state index is 11.8.